The first-order valence-corrected chi connectivity index (χ1v) is 6.57. The second kappa shape index (κ2) is 7.04. The van der Waals surface area contributed by atoms with Gasteiger partial charge < -0.3 is 5.32 Å². The average Bonchev–Trinajstić information content (AvgIpc) is 2.38. The molecular formula is C15H23N3O. The monoisotopic (exact) mass is 261 g/mol. The summed E-state index contributed by atoms with van der Waals surface area (Å²) >= 11 is 0. The van der Waals surface area contributed by atoms with Gasteiger partial charge in [0.1, 0.15) is 0 Å². The summed E-state index contributed by atoms with van der Waals surface area (Å²) in [7, 11) is 0. The summed E-state index contributed by atoms with van der Waals surface area (Å²) < 4.78 is 0. The molecule has 0 atom stereocenters. The Labute approximate surface area is 115 Å². The van der Waals surface area contributed by atoms with E-state index in [0.717, 1.165) is 12.1 Å². The van der Waals surface area contributed by atoms with E-state index in [4.69, 9.17) is 0 Å². The van der Waals surface area contributed by atoms with Crippen LogP contribution in [0.5, 0.6) is 0 Å². The molecule has 0 aliphatic carbocycles. The average molecular weight is 261 g/mol. The van der Waals surface area contributed by atoms with Crippen LogP contribution in [-0.2, 0) is 4.79 Å². The molecule has 0 aliphatic rings. The molecule has 0 fully saturated rings. The highest BCUT2D eigenvalue weighted by molar-refractivity contribution is 5.86. The van der Waals surface area contributed by atoms with Gasteiger partial charge in [-0.1, -0.05) is 13.0 Å². The Bertz CT molecular complexity index is 466. The first-order valence-electron chi connectivity index (χ1n) is 6.57. The third-order valence-electron chi connectivity index (χ3n) is 3.34. The third kappa shape index (κ3) is 4.17. The maximum absolute atomic E-state index is 11.4. The lowest BCUT2D eigenvalue weighted by Crippen LogP contribution is -2.30. The number of hydrogen-bond donors (Lipinski definition) is 2. The van der Waals surface area contributed by atoms with Crippen molar-refractivity contribution in [3.8, 4) is 0 Å². The standard InChI is InChI=1S/C15H23N3O/c1-6-16-9-15(19)18-17-8-14-12(4)10(2)7-11(3)13(14)5/h7-8,16H,6,9H2,1-5H3,(H,18,19)/b17-8+. The Morgan fingerprint density at radius 1 is 1.21 bits per heavy atom. The maximum Gasteiger partial charge on any atom is 0.254 e. The molecule has 0 aromatic heterocycles. The maximum atomic E-state index is 11.4. The van der Waals surface area contributed by atoms with E-state index in [1.54, 1.807) is 6.21 Å². The van der Waals surface area contributed by atoms with Gasteiger partial charge in [-0.3, -0.25) is 4.79 Å². The van der Waals surface area contributed by atoms with E-state index in [2.05, 4.69) is 49.6 Å². The van der Waals surface area contributed by atoms with Crippen molar-refractivity contribution in [2.75, 3.05) is 13.1 Å². The fourth-order valence-corrected chi connectivity index (χ4v) is 1.89. The number of nitrogens with one attached hydrogen (secondary N) is 2. The van der Waals surface area contributed by atoms with Gasteiger partial charge in [-0.15, -0.1) is 0 Å². The van der Waals surface area contributed by atoms with E-state index < -0.39 is 0 Å². The first-order chi connectivity index (χ1) is 8.97. The summed E-state index contributed by atoms with van der Waals surface area (Å²) in [5.74, 6) is -0.127. The number of carbonyl (C=O) groups is 1. The molecule has 0 aliphatic heterocycles. The summed E-state index contributed by atoms with van der Waals surface area (Å²) in [5, 5.41) is 6.99. The van der Waals surface area contributed by atoms with Crippen LogP contribution in [0.1, 0.15) is 34.7 Å². The molecule has 19 heavy (non-hydrogen) atoms. The Morgan fingerprint density at radius 2 is 1.79 bits per heavy atom. The lowest BCUT2D eigenvalue weighted by Gasteiger charge is -2.11. The summed E-state index contributed by atoms with van der Waals surface area (Å²) in [5.41, 5.74) is 8.49. The van der Waals surface area contributed by atoms with Gasteiger partial charge in [-0.25, -0.2) is 5.43 Å². The van der Waals surface area contributed by atoms with E-state index >= 15 is 0 Å². The van der Waals surface area contributed by atoms with Gasteiger partial charge in [-0.2, -0.15) is 5.10 Å². The zero-order chi connectivity index (χ0) is 14.4. The van der Waals surface area contributed by atoms with Gasteiger partial charge in [-0.05, 0) is 56.5 Å². The van der Waals surface area contributed by atoms with Crippen molar-refractivity contribution in [2.24, 2.45) is 5.10 Å². The molecule has 1 aromatic rings. The lowest BCUT2D eigenvalue weighted by atomic mass is 9.95. The molecule has 0 saturated heterocycles. The fourth-order valence-electron chi connectivity index (χ4n) is 1.89. The van der Waals surface area contributed by atoms with Crippen molar-refractivity contribution < 1.29 is 4.79 Å². The number of benzene rings is 1. The summed E-state index contributed by atoms with van der Waals surface area (Å²) in [6.07, 6.45) is 1.73. The highest BCUT2D eigenvalue weighted by Crippen LogP contribution is 2.19. The molecule has 4 nitrogen and oxygen atoms in total. The number of hydrazone groups is 1. The number of amides is 1. The normalized spacial score (nSPS) is 11.0. The van der Waals surface area contributed by atoms with E-state index in [1.165, 1.54) is 22.3 Å². The molecule has 0 unspecified atom stereocenters. The predicted octanol–water partition coefficient (Wildman–Crippen LogP) is 1.98. The second-order valence-corrected chi connectivity index (χ2v) is 4.75. The van der Waals surface area contributed by atoms with E-state index in [-0.39, 0.29) is 5.91 Å². The van der Waals surface area contributed by atoms with Crippen LogP contribution >= 0.6 is 0 Å². The van der Waals surface area contributed by atoms with Crippen molar-refractivity contribution in [3.05, 3.63) is 33.9 Å². The van der Waals surface area contributed by atoms with Crippen LogP contribution in [-0.4, -0.2) is 25.2 Å². The second-order valence-electron chi connectivity index (χ2n) is 4.75. The number of rotatable bonds is 5. The molecule has 0 spiro atoms. The predicted molar refractivity (Wildman–Crippen MR) is 79.7 cm³/mol. The van der Waals surface area contributed by atoms with Gasteiger partial charge in [0.2, 0.25) is 0 Å². The molecule has 0 bridgehead atoms. The van der Waals surface area contributed by atoms with Crippen LogP contribution < -0.4 is 10.7 Å². The van der Waals surface area contributed by atoms with E-state index in [0.29, 0.717) is 6.54 Å². The third-order valence-corrected chi connectivity index (χ3v) is 3.34. The number of hydrogen-bond acceptors (Lipinski definition) is 3. The van der Waals surface area contributed by atoms with Crippen LogP contribution in [0.4, 0.5) is 0 Å². The van der Waals surface area contributed by atoms with Crippen molar-refractivity contribution in [1.29, 1.82) is 0 Å². The molecule has 0 heterocycles. The largest absolute Gasteiger partial charge is 0.309 e. The minimum Gasteiger partial charge on any atom is -0.309 e. The van der Waals surface area contributed by atoms with Crippen LogP contribution in [0, 0.1) is 27.7 Å². The van der Waals surface area contributed by atoms with E-state index in [1.807, 2.05) is 6.92 Å². The number of carbonyl (C=O) groups excluding carboxylic acids is 1. The van der Waals surface area contributed by atoms with Crippen molar-refractivity contribution in [3.63, 3.8) is 0 Å². The first kappa shape index (κ1) is 15.4. The smallest absolute Gasteiger partial charge is 0.254 e. The van der Waals surface area contributed by atoms with Crippen LogP contribution in [0.2, 0.25) is 0 Å². The van der Waals surface area contributed by atoms with Crippen LogP contribution in [0.15, 0.2) is 11.2 Å². The molecular weight excluding hydrogens is 238 g/mol. The van der Waals surface area contributed by atoms with Crippen molar-refractivity contribution in [2.45, 2.75) is 34.6 Å². The molecule has 0 saturated carbocycles. The molecule has 1 rings (SSSR count). The van der Waals surface area contributed by atoms with Gasteiger partial charge >= 0.3 is 0 Å². The summed E-state index contributed by atoms with van der Waals surface area (Å²) in [6.45, 7) is 11.3. The van der Waals surface area contributed by atoms with E-state index in [9.17, 15) is 4.79 Å². The number of aryl methyl sites for hydroxylation is 2. The van der Waals surface area contributed by atoms with Gasteiger partial charge in [0, 0.05) is 5.56 Å². The van der Waals surface area contributed by atoms with Gasteiger partial charge in [0.15, 0.2) is 0 Å². The molecule has 0 radical (unpaired) electrons. The SMILES string of the molecule is CCNCC(=O)N/N=C/c1c(C)c(C)cc(C)c1C. The van der Waals surface area contributed by atoms with Crippen LogP contribution in [0.25, 0.3) is 0 Å². The van der Waals surface area contributed by atoms with Gasteiger partial charge in [0.05, 0.1) is 12.8 Å². The minimum atomic E-state index is -0.127. The quantitative estimate of drug-likeness (QED) is 0.629. The van der Waals surface area contributed by atoms with Crippen molar-refractivity contribution >= 4 is 12.1 Å². The van der Waals surface area contributed by atoms with Crippen molar-refractivity contribution in [1.82, 2.24) is 10.7 Å². The lowest BCUT2D eigenvalue weighted by molar-refractivity contribution is -0.120. The Balaban J connectivity index is 2.80. The topological polar surface area (TPSA) is 53.5 Å². The highest BCUT2D eigenvalue weighted by atomic mass is 16.2. The molecule has 4 heteroatoms. The molecule has 1 amide bonds. The number of nitrogens with zero attached hydrogens (tertiary/aromatic N) is 1. The molecule has 2 N–H and O–H groups in total. The summed E-state index contributed by atoms with van der Waals surface area (Å²) in [6, 6.07) is 2.17. The Morgan fingerprint density at radius 3 is 2.32 bits per heavy atom. The fraction of sp³-hybridized carbons (Fsp3) is 0.467. The zero-order valence-electron chi connectivity index (χ0n) is 12.4. The Kier molecular flexibility index (Phi) is 5.70. The van der Waals surface area contributed by atoms with Crippen LogP contribution in [0.3, 0.4) is 0 Å². The molecule has 1 aromatic carbocycles. The highest BCUT2D eigenvalue weighted by Gasteiger charge is 2.06. The Hall–Kier alpha value is -1.68. The summed E-state index contributed by atoms with van der Waals surface area (Å²) in [4.78, 5) is 11.4. The molecule has 104 valence electrons. The minimum absolute atomic E-state index is 0.127. The number of likely N-dealkylation sites (N-methyl/N-ethyl adjacent to an activating group) is 1. The van der Waals surface area contributed by atoms with Gasteiger partial charge in [0.25, 0.3) is 5.91 Å². The zero-order valence-corrected chi connectivity index (χ0v) is 12.4.